The quantitative estimate of drug-likeness (QED) is 0.728. The van der Waals surface area contributed by atoms with Gasteiger partial charge in [0.2, 0.25) is 0 Å². The first-order chi connectivity index (χ1) is 8.79. The second-order valence-electron chi connectivity index (χ2n) is 6.16. The van der Waals surface area contributed by atoms with E-state index in [1.807, 2.05) is 0 Å². The van der Waals surface area contributed by atoms with E-state index in [-0.39, 0.29) is 0 Å². The van der Waals surface area contributed by atoms with E-state index in [1.165, 1.54) is 71.4 Å². The Morgan fingerprint density at radius 3 is 2.61 bits per heavy atom. The van der Waals surface area contributed by atoms with Gasteiger partial charge in [0.15, 0.2) is 0 Å². The van der Waals surface area contributed by atoms with E-state index in [0.29, 0.717) is 0 Å². The minimum atomic E-state index is 0.822. The van der Waals surface area contributed by atoms with E-state index in [2.05, 4.69) is 29.1 Å². The van der Waals surface area contributed by atoms with Gasteiger partial charge in [-0.05, 0) is 45.3 Å². The molecule has 1 saturated carbocycles. The molecule has 0 aromatic heterocycles. The number of likely N-dealkylation sites (N-methyl/N-ethyl adjacent to an activating group) is 1. The van der Waals surface area contributed by atoms with Gasteiger partial charge in [-0.1, -0.05) is 19.8 Å². The zero-order chi connectivity index (χ0) is 12.8. The fraction of sp³-hybridized carbons (Fsp3) is 1.00. The van der Waals surface area contributed by atoms with E-state index in [9.17, 15) is 0 Å². The lowest BCUT2D eigenvalue weighted by Crippen LogP contribution is -2.45. The van der Waals surface area contributed by atoms with Crippen molar-refractivity contribution < 1.29 is 0 Å². The van der Waals surface area contributed by atoms with Crippen molar-refractivity contribution in [3.63, 3.8) is 0 Å². The van der Waals surface area contributed by atoms with Crippen LogP contribution < -0.4 is 5.32 Å². The largest absolute Gasteiger partial charge is 0.314 e. The van der Waals surface area contributed by atoms with Crippen molar-refractivity contribution >= 4 is 0 Å². The molecule has 0 spiro atoms. The van der Waals surface area contributed by atoms with Gasteiger partial charge in [-0.2, -0.15) is 0 Å². The molecule has 106 valence electrons. The summed E-state index contributed by atoms with van der Waals surface area (Å²) >= 11 is 0. The minimum Gasteiger partial charge on any atom is -0.314 e. The molecule has 2 fully saturated rings. The molecular weight excluding hydrogens is 222 g/mol. The van der Waals surface area contributed by atoms with Crippen LogP contribution >= 0.6 is 0 Å². The van der Waals surface area contributed by atoms with Crippen molar-refractivity contribution in [2.75, 3.05) is 46.3 Å². The topological polar surface area (TPSA) is 18.5 Å². The van der Waals surface area contributed by atoms with Crippen molar-refractivity contribution in [2.45, 2.75) is 45.1 Å². The van der Waals surface area contributed by atoms with E-state index < -0.39 is 0 Å². The molecule has 0 bridgehead atoms. The molecule has 1 heterocycles. The number of hydrogen-bond acceptors (Lipinski definition) is 3. The zero-order valence-electron chi connectivity index (χ0n) is 12.3. The molecule has 2 rings (SSSR count). The maximum Gasteiger partial charge on any atom is 0.0110 e. The Labute approximate surface area is 113 Å². The molecule has 3 heteroatoms. The molecule has 1 aliphatic carbocycles. The molecule has 3 nitrogen and oxygen atoms in total. The van der Waals surface area contributed by atoms with E-state index in [0.717, 1.165) is 12.0 Å². The third-order valence-corrected chi connectivity index (χ3v) is 4.84. The molecule has 0 amide bonds. The van der Waals surface area contributed by atoms with Crippen molar-refractivity contribution in [1.82, 2.24) is 15.1 Å². The van der Waals surface area contributed by atoms with Crippen LogP contribution in [0.2, 0.25) is 0 Å². The summed E-state index contributed by atoms with van der Waals surface area (Å²) in [6, 6.07) is 0.822. The van der Waals surface area contributed by atoms with Crippen LogP contribution in [0, 0.1) is 5.92 Å². The molecule has 0 aromatic rings. The van der Waals surface area contributed by atoms with Crippen molar-refractivity contribution in [3.8, 4) is 0 Å². The minimum absolute atomic E-state index is 0.822. The van der Waals surface area contributed by atoms with Gasteiger partial charge in [0.1, 0.15) is 0 Å². The Balaban J connectivity index is 1.53. The van der Waals surface area contributed by atoms with Gasteiger partial charge >= 0.3 is 0 Å². The molecule has 0 aromatic carbocycles. The summed E-state index contributed by atoms with van der Waals surface area (Å²) in [7, 11) is 2.23. The highest BCUT2D eigenvalue weighted by atomic mass is 15.2. The van der Waals surface area contributed by atoms with Crippen LogP contribution in [0.4, 0.5) is 0 Å². The van der Waals surface area contributed by atoms with E-state index in [4.69, 9.17) is 0 Å². The fourth-order valence-electron chi connectivity index (χ4n) is 3.46. The Morgan fingerprint density at radius 2 is 1.89 bits per heavy atom. The molecular formula is C15H31N3. The van der Waals surface area contributed by atoms with Gasteiger partial charge in [-0.3, -0.25) is 0 Å². The predicted octanol–water partition coefficient (Wildman–Crippen LogP) is 1.79. The molecule has 1 aliphatic heterocycles. The van der Waals surface area contributed by atoms with Crippen LogP contribution in [-0.2, 0) is 0 Å². The Kier molecular flexibility index (Phi) is 5.93. The summed E-state index contributed by atoms with van der Waals surface area (Å²) in [5.41, 5.74) is 0. The molecule has 2 unspecified atom stereocenters. The first kappa shape index (κ1) is 14.3. The molecule has 18 heavy (non-hydrogen) atoms. The van der Waals surface area contributed by atoms with Gasteiger partial charge in [0, 0.05) is 32.2 Å². The van der Waals surface area contributed by atoms with Crippen LogP contribution in [0.15, 0.2) is 0 Å². The summed E-state index contributed by atoms with van der Waals surface area (Å²) in [5, 5.41) is 3.79. The smallest absolute Gasteiger partial charge is 0.0110 e. The molecule has 0 radical (unpaired) electrons. The number of nitrogens with zero attached hydrogens (tertiary/aromatic N) is 2. The highest BCUT2D eigenvalue weighted by Gasteiger charge is 2.24. The number of rotatable bonds is 6. The van der Waals surface area contributed by atoms with Crippen LogP contribution in [0.1, 0.15) is 39.0 Å². The summed E-state index contributed by atoms with van der Waals surface area (Å²) in [6.07, 6.45) is 6.97. The van der Waals surface area contributed by atoms with Crippen molar-refractivity contribution in [1.29, 1.82) is 0 Å². The Morgan fingerprint density at radius 1 is 1.11 bits per heavy atom. The lowest BCUT2D eigenvalue weighted by Gasteiger charge is -2.32. The maximum atomic E-state index is 3.79. The lowest BCUT2D eigenvalue weighted by molar-refractivity contribution is 0.152. The maximum absolute atomic E-state index is 3.79. The summed E-state index contributed by atoms with van der Waals surface area (Å²) < 4.78 is 0. The Hall–Kier alpha value is -0.120. The summed E-state index contributed by atoms with van der Waals surface area (Å²) in [5.74, 6) is 0.952. The zero-order valence-corrected chi connectivity index (χ0v) is 12.3. The van der Waals surface area contributed by atoms with Crippen LogP contribution in [0.25, 0.3) is 0 Å². The van der Waals surface area contributed by atoms with Crippen molar-refractivity contribution in [3.05, 3.63) is 0 Å². The monoisotopic (exact) mass is 253 g/mol. The van der Waals surface area contributed by atoms with Gasteiger partial charge < -0.3 is 15.1 Å². The van der Waals surface area contributed by atoms with Gasteiger partial charge in [0.25, 0.3) is 0 Å². The average Bonchev–Trinajstić information content (AvgIpc) is 2.84. The second-order valence-corrected chi connectivity index (χ2v) is 6.16. The summed E-state index contributed by atoms with van der Waals surface area (Å²) in [4.78, 5) is 5.05. The average molecular weight is 253 g/mol. The SMILES string of the molecule is CCC1CCCC1NCCCN1CCN(C)CC1. The normalized spacial score (nSPS) is 31.0. The third kappa shape index (κ3) is 4.22. The van der Waals surface area contributed by atoms with Gasteiger partial charge in [0.05, 0.1) is 0 Å². The highest BCUT2D eigenvalue weighted by molar-refractivity contribution is 4.82. The number of nitrogens with one attached hydrogen (secondary N) is 1. The highest BCUT2D eigenvalue weighted by Crippen LogP contribution is 2.27. The Bertz CT molecular complexity index is 224. The number of piperazine rings is 1. The van der Waals surface area contributed by atoms with Crippen LogP contribution in [0.5, 0.6) is 0 Å². The van der Waals surface area contributed by atoms with Gasteiger partial charge in [-0.25, -0.2) is 0 Å². The first-order valence-electron chi connectivity index (χ1n) is 7.94. The lowest BCUT2D eigenvalue weighted by atomic mass is 10.0. The number of hydrogen-bond donors (Lipinski definition) is 1. The van der Waals surface area contributed by atoms with E-state index in [1.54, 1.807) is 0 Å². The first-order valence-corrected chi connectivity index (χ1v) is 7.94. The van der Waals surface area contributed by atoms with Crippen LogP contribution in [-0.4, -0.2) is 62.2 Å². The summed E-state index contributed by atoms with van der Waals surface area (Å²) in [6.45, 7) is 9.85. The van der Waals surface area contributed by atoms with Gasteiger partial charge in [-0.15, -0.1) is 0 Å². The van der Waals surface area contributed by atoms with Crippen molar-refractivity contribution in [2.24, 2.45) is 5.92 Å². The predicted molar refractivity (Wildman–Crippen MR) is 78.0 cm³/mol. The third-order valence-electron chi connectivity index (χ3n) is 4.84. The van der Waals surface area contributed by atoms with E-state index >= 15 is 0 Å². The molecule has 1 N–H and O–H groups in total. The fourth-order valence-corrected chi connectivity index (χ4v) is 3.46. The molecule has 2 aliphatic rings. The molecule has 2 atom stereocenters. The molecule has 1 saturated heterocycles. The second kappa shape index (κ2) is 7.46. The standard InChI is InChI=1S/C15H31N3/c1-3-14-6-4-7-15(14)16-8-5-9-18-12-10-17(2)11-13-18/h14-16H,3-13H2,1-2H3. The van der Waals surface area contributed by atoms with Crippen LogP contribution in [0.3, 0.4) is 0 Å².